The van der Waals surface area contributed by atoms with Gasteiger partial charge in [-0.15, -0.1) is 0 Å². The summed E-state index contributed by atoms with van der Waals surface area (Å²) in [5.74, 6) is 2.26. The van der Waals surface area contributed by atoms with Crippen LogP contribution in [-0.4, -0.2) is 5.11 Å². The number of fused-ring (bicyclic) bond motifs is 1. The van der Waals surface area contributed by atoms with E-state index < -0.39 is 0 Å². The molecule has 0 saturated carbocycles. The lowest BCUT2D eigenvalue weighted by Crippen LogP contribution is -2.11. The van der Waals surface area contributed by atoms with E-state index >= 15 is 0 Å². The monoisotopic (exact) mass is 236 g/mol. The van der Waals surface area contributed by atoms with Crippen LogP contribution < -0.4 is 0 Å². The maximum absolute atomic E-state index is 10.3. The Morgan fingerprint density at radius 3 is 2.71 bits per heavy atom. The van der Waals surface area contributed by atoms with Gasteiger partial charge in [-0.25, -0.2) is 0 Å². The zero-order chi connectivity index (χ0) is 12.4. The summed E-state index contributed by atoms with van der Waals surface area (Å²) in [5, 5.41) is 10.3. The van der Waals surface area contributed by atoms with E-state index in [4.69, 9.17) is 4.42 Å². The van der Waals surface area contributed by atoms with Crippen LogP contribution in [0.4, 0.5) is 0 Å². The molecule has 1 aliphatic rings. The maximum Gasteiger partial charge on any atom is 0.110 e. The maximum atomic E-state index is 10.3. The fourth-order valence-corrected chi connectivity index (χ4v) is 2.96. The zero-order valence-corrected chi connectivity index (χ0v) is 11.2. The van der Waals surface area contributed by atoms with E-state index in [1.807, 2.05) is 6.92 Å². The van der Waals surface area contributed by atoms with Gasteiger partial charge in [0.1, 0.15) is 5.76 Å². The topological polar surface area (TPSA) is 33.4 Å². The summed E-state index contributed by atoms with van der Waals surface area (Å²) in [6.07, 6.45) is 7.04. The number of aliphatic hydroxyl groups is 1. The van der Waals surface area contributed by atoms with Crippen molar-refractivity contribution in [2.24, 2.45) is 11.8 Å². The molecule has 1 aromatic heterocycles. The number of rotatable bonds is 0. The van der Waals surface area contributed by atoms with Crippen molar-refractivity contribution in [2.45, 2.75) is 59.0 Å². The Kier molecular flexibility index (Phi) is 3.93. The molecule has 0 amide bonds. The Bertz CT molecular complexity index is 367. The Hall–Kier alpha value is -0.760. The number of aliphatic hydroxyl groups excluding tert-OH is 1. The fourth-order valence-electron chi connectivity index (χ4n) is 2.96. The van der Waals surface area contributed by atoms with Gasteiger partial charge in [-0.2, -0.15) is 0 Å². The fraction of sp³-hybridized carbons (Fsp3) is 0.733. The van der Waals surface area contributed by atoms with Crippen molar-refractivity contribution in [1.29, 1.82) is 0 Å². The lowest BCUT2D eigenvalue weighted by atomic mass is 9.87. The van der Waals surface area contributed by atoms with Crippen molar-refractivity contribution in [3.8, 4) is 0 Å². The van der Waals surface area contributed by atoms with Gasteiger partial charge in [0.15, 0.2) is 0 Å². The van der Waals surface area contributed by atoms with Gasteiger partial charge < -0.3 is 9.52 Å². The SMILES string of the molecule is Cc1coc2c1C(O)CC(C)CCCC(C)C2. The smallest absolute Gasteiger partial charge is 0.110 e. The first-order valence-corrected chi connectivity index (χ1v) is 6.82. The van der Waals surface area contributed by atoms with E-state index in [0.29, 0.717) is 11.8 Å². The normalized spacial score (nSPS) is 30.9. The number of furan rings is 1. The standard InChI is InChI=1S/C15H24O2/c1-10-5-4-6-11(2)8-14-15(13(16)7-10)12(3)9-17-14/h9-11,13,16H,4-8H2,1-3H3. The zero-order valence-electron chi connectivity index (χ0n) is 11.2. The second-order valence-corrected chi connectivity index (χ2v) is 5.85. The molecular formula is C15H24O2. The Balaban J connectivity index is 2.28. The largest absolute Gasteiger partial charge is 0.469 e. The van der Waals surface area contributed by atoms with Gasteiger partial charge in [0.25, 0.3) is 0 Å². The molecule has 17 heavy (non-hydrogen) atoms. The molecule has 3 atom stereocenters. The van der Waals surface area contributed by atoms with Crippen molar-refractivity contribution in [3.05, 3.63) is 23.2 Å². The molecule has 3 unspecified atom stereocenters. The minimum Gasteiger partial charge on any atom is -0.469 e. The quantitative estimate of drug-likeness (QED) is 0.738. The van der Waals surface area contributed by atoms with E-state index in [1.54, 1.807) is 6.26 Å². The molecule has 1 N–H and O–H groups in total. The molecule has 0 bridgehead atoms. The predicted octanol–water partition coefficient (Wildman–Crippen LogP) is 4.01. The molecule has 1 heterocycles. The summed E-state index contributed by atoms with van der Waals surface area (Å²) >= 11 is 0. The summed E-state index contributed by atoms with van der Waals surface area (Å²) in [6.45, 7) is 6.55. The Morgan fingerprint density at radius 1 is 1.24 bits per heavy atom. The predicted molar refractivity (Wildman–Crippen MR) is 68.9 cm³/mol. The average Bonchev–Trinajstić information content (AvgIpc) is 2.58. The molecule has 2 nitrogen and oxygen atoms in total. The van der Waals surface area contributed by atoms with Crippen LogP contribution in [0.2, 0.25) is 0 Å². The minimum absolute atomic E-state index is 0.343. The second kappa shape index (κ2) is 5.26. The molecule has 0 aliphatic heterocycles. The first-order chi connectivity index (χ1) is 8.08. The summed E-state index contributed by atoms with van der Waals surface area (Å²) in [5.41, 5.74) is 2.16. The molecule has 0 fully saturated rings. The highest BCUT2D eigenvalue weighted by Gasteiger charge is 2.23. The molecular weight excluding hydrogens is 212 g/mol. The summed E-state index contributed by atoms with van der Waals surface area (Å²) in [7, 11) is 0. The van der Waals surface area contributed by atoms with Crippen LogP contribution in [0.1, 0.15) is 62.5 Å². The summed E-state index contributed by atoms with van der Waals surface area (Å²) in [4.78, 5) is 0. The molecule has 0 aromatic carbocycles. The third-order valence-corrected chi connectivity index (χ3v) is 3.99. The van der Waals surface area contributed by atoms with E-state index in [-0.39, 0.29) is 6.10 Å². The minimum atomic E-state index is -0.343. The van der Waals surface area contributed by atoms with Crippen molar-refractivity contribution in [1.82, 2.24) is 0 Å². The van der Waals surface area contributed by atoms with Gasteiger partial charge >= 0.3 is 0 Å². The lowest BCUT2D eigenvalue weighted by Gasteiger charge is -2.21. The van der Waals surface area contributed by atoms with Crippen molar-refractivity contribution < 1.29 is 9.52 Å². The van der Waals surface area contributed by atoms with Gasteiger partial charge in [-0.05, 0) is 30.7 Å². The first-order valence-electron chi connectivity index (χ1n) is 6.82. The molecule has 2 rings (SSSR count). The van der Waals surface area contributed by atoms with Crippen LogP contribution in [0.25, 0.3) is 0 Å². The van der Waals surface area contributed by atoms with Crippen molar-refractivity contribution >= 4 is 0 Å². The van der Waals surface area contributed by atoms with Crippen molar-refractivity contribution in [2.75, 3.05) is 0 Å². The van der Waals surface area contributed by atoms with E-state index in [0.717, 1.165) is 29.7 Å². The highest BCUT2D eigenvalue weighted by molar-refractivity contribution is 5.29. The Labute approximate surface area is 104 Å². The first kappa shape index (κ1) is 12.7. The van der Waals surface area contributed by atoms with Crippen LogP contribution in [0.5, 0.6) is 0 Å². The highest BCUT2D eigenvalue weighted by Crippen LogP contribution is 2.33. The molecule has 1 aliphatic carbocycles. The van der Waals surface area contributed by atoms with Crippen LogP contribution in [0.3, 0.4) is 0 Å². The molecule has 2 heteroatoms. The molecule has 0 radical (unpaired) electrons. The van der Waals surface area contributed by atoms with Crippen LogP contribution in [-0.2, 0) is 6.42 Å². The van der Waals surface area contributed by atoms with Gasteiger partial charge in [0.05, 0.1) is 12.4 Å². The van der Waals surface area contributed by atoms with Crippen LogP contribution in [0, 0.1) is 18.8 Å². The van der Waals surface area contributed by atoms with Gasteiger partial charge in [0.2, 0.25) is 0 Å². The van der Waals surface area contributed by atoms with Gasteiger partial charge in [-0.3, -0.25) is 0 Å². The van der Waals surface area contributed by atoms with Crippen LogP contribution >= 0.6 is 0 Å². The summed E-state index contributed by atoms with van der Waals surface area (Å²) in [6, 6.07) is 0. The molecule has 96 valence electrons. The number of aryl methyl sites for hydroxylation is 1. The van der Waals surface area contributed by atoms with Gasteiger partial charge in [0, 0.05) is 12.0 Å². The molecule has 0 spiro atoms. The van der Waals surface area contributed by atoms with Crippen molar-refractivity contribution in [3.63, 3.8) is 0 Å². The second-order valence-electron chi connectivity index (χ2n) is 5.85. The third kappa shape index (κ3) is 2.92. The lowest BCUT2D eigenvalue weighted by molar-refractivity contribution is 0.139. The number of hydrogen-bond acceptors (Lipinski definition) is 2. The third-order valence-electron chi connectivity index (χ3n) is 3.99. The summed E-state index contributed by atoms with van der Waals surface area (Å²) < 4.78 is 5.63. The molecule has 1 aromatic rings. The van der Waals surface area contributed by atoms with E-state index in [2.05, 4.69) is 13.8 Å². The van der Waals surface area contributed by atoms with E-state index in [1.165, 1.54) is 19.3 Å². The number of hydrogen-bond donors (Lipinski definition) is 1. The molecule has 0 saturated heterocycles. The Morgan fingerprint density at radius 2 is 1.94 bits per heavy atom. The van der Waals surface area contributed by atoms with E-state index in [9.17, 15) is 5.11 Å². The highest BCUT2D eigenvalue weighted by atomic mass is 16.3. The van der Waals surface area contributed by atoms with Crippen LogP contribution in [0.15, 0.2) is 10.7 Å². The van der Waals surface area contributed by atoms with Gasteiger partial charge in [-0.1, -0.05) is 33.1 Å². The average molecular weight is 236 g/mol.